The van der Waals surface area contributed by atoms with Crippen molar-refractivity contribution in [1.82, 2.24) is 15.0 Å². The minimum Gasteiger partial charge on any atom is -0.457 e. The van der Waals surface area contributed by atoms with Gasteiger partial charge in [-0.15, -0.1) is 0 Å². The fraction of sp³-hybridized carbons (Fsp3) is 0.0698. The van der Waals surface area contributed by atoms with Gasteiger partial charge in [0.25, 0.3) is 0 Å². The number of hydrogen-bond donors (Lipinski definition) is 0. The average molecular weight is 619 g/mol. The molecule has 0 bridgehead atoms. The van der Waals surface area contributed by atoms with Crippen LogP contribution in [0.5, 0.6) is 11.5 Å². The molecule has 2 heterocycles. The molecule has 0 spiro atoms. The zero-order valence-electron chi connectivity index (χ0n) is 26.6. The molecule has 228 valence electrons. The number of hydrogen-bond acceptors (Lipinski definition) is 5. The van der Waals surface area contributed by atoms with E-state index in [0.717, 1.165) is 61.6 Å². The maximum Gasteiger partial charge on any atom is 0.164 e. The Morgan fingerprint density at radius 1 is 0.479 bits per heavy atom. The number of ether oxygens (including phenoxy) is 1. The summed E-state index contributed by atoms with van der Waals surface area (Å²) in [5, 5.41) is 10.2. The molecule has 8 rings (SSSR count). The molecular weight excluding hydrogens is 589 g/mol. The number of aromatic nitrogens is 3. The Balaban J connectivity index is 1.22. The highest BCUT2D eigenvalue weighted by molar-refractivity contribution is 5.82. The van der Waals surface area contributed by atoms with E-state index in [1.165, 1.54) is 0 Å². The molecule has 5 nitrogen and oxygen atoms in total. The second-order valence-electron chi connectivity index (χ2n) is 12.4. The largest absolute Gasteiger partial charge is 0.457 e. The quantitative estimate of drug-likeness (QED) is 0.192. The normalized spacial score (nSPS) is 12.7. The van der Waals surface area contributed by atoms with E-state index in [9.17, 15) is 5.26 Å². The molecule has 0 fully saturated rings. The van der Waals surface area contributed by atoms with E-state index in [0.29, 0.717) is 23.0 Å². The first-order valence-electron chi connectivity index (χ1n) is 15.9. The van der Waals surface area contributed by atoms with Gasteiger partial charge in [0.2, 0.25) is 0 Å². The van der Waals surface area contributed by atoms with Crippen LogP contribution in [0.4, 0.5) is 0 Å². The fourth-order valence-electron chi connectivity index (χ4n) is 6.51. The van der Waals surface area contributed by atoms with Crippen LogP contribution in [-0.4, -0.2) is 15.0 Å². The van der Waals surface area contributed by atoms with Crippen molar-refractivity contribution < 1.29 is 4.74 Å². The number of rotatable bonds is 5. The van der Waals surface area contributed by atoms with Crippen LogP contribution in [0.25, 0.3) is 56.4 Å². The third-order valence-electron chi connectivity index (χ3n) is 9.07. The van der Waals surface area contributed by atoms with Crippen molar-refractivity contribution in [3.8, 4) is 74.0 Å². The fourth-order valence-corrected chi connectivity index (χ4v) is 6.51. The summed E-state index contributed by atoms with van der Waals surface area (Å²) < 4.78 is 6.38. The van der Waals surface area contributed by atoms with Crippen molar-refractivity contribution in [3.63, 3.8) is 0 Å². The first-order chi connectivity index (χ1) is 23.5. The third-order valence-corrected chi connectivity index (χ3v) is 9.07. The van der Waals surface area contributed by atoms with Gasteiger partial charge >= 0.3 is 0 Å². The van der Waals surface area contributed by atoms with Crippen LogP contribution in [0.3, 0.4) is 0 Å². The third kappa shape index (κ3) is 5.10. The molecule has 0 atom stereocenters. The molecule has 6 aromatic carbocycles. The van der Waals surface area contributed by atoms with E-state index in [1.807, 2.05) is 115 Å². The SMILES string of the molecule is CC1(C)c2ccccc2Oc2cc(-c3ccc(-c4nc(-c5ccccc5)nc(-c5ccccc5-c5ccccc5)n4)cc3)c(C#N)cc21. The summed E-state index contributed by atoms with van der Waals surface area (Å²) in [4.78, 5) is 14.9. The lowest BCUT2D eigenvalue weighted by Gasteiger charge is -2.35. The predicted octanol–water partition coefficient (Wildman–Crippen LogP) is 10.5. The number of nitrogens with zero attached hydrogens (tertiary/aromatic N) is 4. The molecule has 0 aliphatic carbocycles. The molecule has 0 N–H and O–H groups in total. The van der Waals surface area contributed by atoms with Gasteiger partial charge in [0.15, 0.2) is 17.5 Å². The van der Waals surface area contributed by atoms with Crippen molar-refractivity contribution in [2.45, 2.75) is 19.3 Å². The zero-order valence-corrected chi connectivity index (χ0v) is 26.6. The summed E-state index contributed by atoms with van der Waals surface area (Å²) >= 11 is 0. The monoisotopic (exact) mass is 618 g/mol. The summed E-state index contributed by atoms with van der Waals surface area (Å²) in [5.74, 6) is 3.38. The molecule has 0 radical (unpaired) electrons. The van der Waals surface area contributed by atoms with Gasteiger partial charge in [0.1, 0.15) is 11.5 Å². The van der Waals surface area contributed by atoms with E-state index in [1.54, 1.807) is 0 Å². The van der Waals surface area contributed by atoms with Gasteiger partial charge in [-0.1, -0.05) is 141 Å². The molecule has 0 unspecified atom stereocenters. The van der Waals surface area contributed by atoms with Gasteiger partial charge in [0, 0.05) is 38.8 Å². The highest BCUT2D eigenvalue weighted by Gasteiger charge is 2.35. The standard InChI is InChI=1S/C43H30N4O/c1-43(2)36-19-11-12-20-38(36)48-39-26-35(32(27-44)25-37(39)43)29-21-23-31(24-22-29)41-45-40(30-15-7-4-8-16-30)46-42(47-41)34-18-10-9-17-33(34)28-13-5-3-6-14-28/h3-26H,1-2H3. The van der Waals surface area contributed by atoms with Gasteiger partial charge in [-0.05, 0) is 34.9 Å². The molecule has 1 aliphatic heterocycles. The molecular formula is C43H30N4O. The number of nitriles is 1. The predicted molar refractivity (Wildman–Crippen MR) is 190 cm³/mol. The van der Waals surface area contributed by atoms with Crippen molar-refractivity contribution in [2.75, 3.05) is 0 Å². The maximum atomic E-state index is 10.2. The zero-order chi connectivity index (χ0) is 32.7. The smallest absolute Gasteiger partial charge is 0.164 e. The Hall–Kier alpha value is -6.38. The minimum atomic E-state index is -0.301. The molecule has 0 saturated carbocycles. The molecule has 1 aromatic heterocycles. The Bertz CT molecular complexity index is 2340. The highest BCUT2D eigenvalue weighted by Crippen LogP contribution is 2.49. The van der Waals surface area contributed by atoms with E-state index in [-0.39, 0.29) is 5.41 Å². The number of benzene rings is 6. The minimum absolute atomic E-state index is 0.301. The first kappa shape index (κ1) is 29.1. The lowest BCUT2D eigenvalue weighted by atomic mass is 9.74. The van der Waals surface area contributed by atoms with E-state index in [2.05, 4.69) is 50.2 Å². The molecule has 0 saturated heterocycles. The van der Waals surface area contributed by atoms with Crippen LogP contribution in [0.2, 0.25) is 0 Å². The molecule has 5 heteroatoms. The molecule has 7 aromatic rings. The van der Waals surface area contributed by atoms with Gasteiger partial charge < -0.3 is 4.74 Å². The lowest BCUT2D eigenvalue weighted by Crippen LogP contribution is -2.24. The Labute approximate surface area is 279 Å². The summed E-state index contributed by atoms with van der Waals surface area (Å²) in [6.45, 7) is 4.35. The van der Waals surface area contributed by atoms with E-state index in [4.69, 9.17) is 19.7 Å². The van der Waals surface area contributed by atoms with Crippen molar-refractivity contribution in [3.05, 3.63) is 162 Å². The number of fused-ring (bicyclic) bond motifs is 2. The second kappa shape index (κ2) is 11.8. The first-order valence-corrected chi connectivity index (χ1v) is 15.9. The average Bonchev–Trinajstić information content (AvgIpc) is 3.15. The van der Waals surface area contributed by atoms with E-state index >= 15 is 0 Å². The number of para-hydroxylation sites is 1. The Morgan fingerprint density at radius 3 is 1.69 bits per heavy atom. The second-order valence-corrected chi connectivity index (χ2v) is 12.4. The van der Waals surface area contributed by atoms with Crippen LogP contribution in [-0.2, 0) is 5.41 Å². The van der Waals surface area contributed by atoms with Crippen LogP contribution in [0.15, 0.2) is 146 Å². The van der Waals surface area contributed by atoms with Crippen molar-refractivity contribution in [2.24, 2.45) is 0 Å². The van der Waals surface area contributed by atoms with Crippen LogP contribution in [0.1, 0.15) is 30.5 Å². The van der Waals surface area contributed by atoms with Gasteiger partial charge in [-0.25, -0.2) is 15.0 Å². The molecule has 0 amide bonds. The van der Waals surface area contributed by atoms with E-state index < -0.39 is 0 Å². The van der Waals surface area contributed by atoms with Crippen molar-refractivity contribution in [1.29, 1.82) is 5.26 Å². The maximum absolute atomic E-state index is 10.2. The van der Waals surface area contributed by atoms with Crippen LogP contribution in [0, 0.1) is 11.3 Å². The lowest BCUT2D eigenvalue weighted by molar-refractivity contribution is 0.418. The van der Waals surface area contributed by atoms with Gasteiger partial charge in [-0.3, -0.25) is 0 Å². The van der Waals surface area contributed by atoms with Crippen LogP contribution >= 0.6 is 0 Å². The summed E-state index contributed by atoms with van der Waals surface area (Å²) in [7, 11) is 0. The molecule has 1 aliphatic rings. The summed E-state index contributed by atoms with van der Waals surface area (Å²) in [6, 6.07) is 51.0. The van der Waals surface area contributed by atoms with Gasteiger partial charge in [0.05, 0.1) is 11.6 Å². The van der Waals surface area contributed by atoms with Crippen LogP contribution < -0.4 is 4.74 Å². The topological polar surface area (TPSA) is 71.7 Å². The summed E-state index contributed by atoms with van der Waals surface area (Å²) in [5.41, 5.74) is 8.96. The Kier molecular flexibility index (Phi) is 7.12. The summed E-state index contributed by atoms with van der Waals surface area (Å²) in [6.07, 6.45) is 0. The van der Waals surface area contributed by atoms with Gasteiger partial charge in [-0.2, -0.15) is 5.26 Å². The Morgan fingerprint density at radius 2 is 1.00 bits per heavy atom. The van der Waals surface area contributed by atoms with Crippen molar-refractivity contribution >= 4 is 0 Å². The highest BCUT2D eigenvalue weighted by atomic mass is 16.5. The molecule has 48 heavy (non-hydrogen) atoms.